The van der Waals surface area contributed by atoms with E-state index in [1.165, 1.54) is 6.20 Å². The van der Waals surface area contributed by atoms with Crippen LogP contribution in [0.4, 0.5) is 0 Å². The van der Waals surface area contributed by atoms with Crippen LogP contribution in [-0.4, -0.2) is 4.98 Å². The van der Waals surface area contributed by atoms with E-state index in [9.17, 15) is 4.91 Å². The monoisotopic (exact) mass is 149 g/mol. The highest BCUT2D eigenvalue weighted by molar-refractivity contribution is 5.47. The van der Waals surface area contributed by atoms with E-state index in [2.05, 4.69) is 11.1 Å². The molecule has 3 nitrogen and oxygen atoms in total. The average Bonchev–Trinajstić information content (AvgIpc) is 2.06. The minimum Gasteiger partial charge on any atom is -0.351 e. The fourth-order valence-corrected chi connectivity index (χ4v) is 1.30. The van der Waals surface area contributed by atoms with Gasteiger partial charge in [0.15, 0.2) is 0 Å². The minimum atomic E-state index is 0.840. The fraction of sp³-hybridized carbons (Fsp3) is 0.250. The van der Waals surface area contributed by atoms with E-state index >= 15 is 0 Å². The molecule has 0 saturated heterocycles. The Hall–Kier alpha value is -1.38. The minimum absolute atomic E-state index is 0.840. The number of hydrogen-bond acceptors (Lipinski definition) is 1. The SMILES string of the molecule is O=[n+]1cc[nH]c2c1CCC=C2. The van der Waals surface area contributed by atoms with Crippen LogP contribution in [0.3, 0.4) is 0 Å². The second-order valence-electron chi connectivity index (χ2n) is 2.59. The summed E-state index contributed by atoms with van der Waals surface area (Å²) in [5, 5.41) is 0. The van der Waals surface area contributed by atoms with Crippen LogP contribution in [0.15, 0.2) is 18.5 Å². The van der Waals surface area contributed by atoms with Crippen molar-refractivity contribution in [2.24, 2.45) is 0 Å². The predicted molar refractivity (Wildman–Crippen MR) is 41.5 cm³/mol. The van der Waals surface area contributed by atoms with Gasteiger partial charge in [0.05, 0.1) is 10.6 Å². The van der Waals surface area contributed by atoms with Crippen LogP contribution in [0.2, 0.25) is 0 Å². The molecule has 0 spiro atoms. The topological polar surface area (TPSA) is 38.8 Å². The first-order valence-electron chi connectivity index (χ1n) is 3.67. The van der Waals surface area contributed by atoms with Crippen molar-refractivity contribution in [2.45, 2.75) is 12.8 Å². The number of nitrogens with one attached hydrogen (secondary N) is 1. The average molecular weight is 149 g/mol. The summed E-state index contributed by atoms with van der Waals surface area (Å²) in [6, 6.07) is 0. The lowest BCUT2D eigenvalue weighted by Gasteiger charge is -2.00. The van der Waals surface area contributed by atoms with Gasteiger partial charge in [0.25, 0.3) is 5.69 Å². The molecule has 0 amide bonds. The number of aromatic nitrogens is 2. The lowest BCUT2D eigenvalue weighted by molar-refractivity contribution is -0.505. The molecule has 0 aliphatic heterocycles. The quantitative estimate of drug-likeness (QED) is 0.546. The van der Waals surface area contributed by atoms with Crippen molar-refractivity contribution in [3.8, 4) is 0 Å². The molecule has 1 aromatic rings. The molecule has 0 radical (unpaired) electrons. The van der Waals surface area contributed by atoms with E-state index in [4.69, 9.17) is 0 Å². The number of H-pyrrole nitrogens is 1. The smallest absolute Gasteiger partial charge is 0.263 e. The van der Waals surface area contributed by atoms with Crippen LogP contribution in [0.1, 0.15) is 17.8 Å². The predicted octanol–water partition coefficient (Wildman–Crippen LogP) is 0.889. The molecule has 1 N–H and O–H groups in total. The molecule has 0 bridgehead atoms. The summed E-state index contributed by atoms with van der Waals surface area (Å²) in [6.07, 6.45) is 8.98. The van der Waals surface area contributed by atoms with Gasteiger partial charge in [-0.05, 0) is 12.5 Å². The van der Waals surface area contributed by atoms with Crippen LogP contribution >= 0.6 is 0 Å². The van der Waals surface area contributed by atoms with Crippen LogP contribution in [0, 0.1) is 4.91 Å². The molecule has 1 aromatic heterocycles. The van der Waals surface area contributed by atoms with Gasteiger partial charge in [-0.3, -0.25) is 0 Å². The molecule has 0 aromatic carbocycles. The molecule has 1 heterocycles. The molecule has 11 heavy (non-hydrogen) atoms. The Morgan fingerprint density at radius 3 is 3.27 bits per heavy atom. The van der Waals surface area contributed by atoms with Gasteiger partial charge >= 0.3 is 0 Å². The molecule has 2 rings (SSSR count). The summed E-state index contributed by atoms with van der Waals surface area (Å²) in [4.78, 5) is 14.1. The number of allylic oxidation sites excluding steroid dienone is 1. The van der Waals surface area contributed by atoms with Gasteiger partial charge in [-0.2, -0.15) is 0 Å². The molecular weight excluding hydrogens is 140 g/mol. The molecule has 0 saturated carbocycles. The molecule has 1 aliphatic carbocycles. The highest BCUT2D eigenvalue weighted by Crippen LogP contribution is 2.10. The van der Waals surface area contributed by atoms with Crippen LogP contribution in [0.5, 0.6) is 0 Å². The number of hydrogen-bond donors (Lipinski definition) is 1. The fourth-order valence-electron chi connectivity index (χ4n) is 1.30. The van der Waals surface area contributed by atoms with Crippen LogP contribution in [0.25, 0.3) is 6.08 Å². The maximum absolute atomic E-state index is 11.1. The number of fused-ring (bicyclic) bond motifs is 1. The maximum atomic E-state index is 11.1. The van der Waals surface area contributed by atoms with Gasteiger partial charge in [0.1, 0.15) is 5.69 Å². The van der Waals surface area contributed by atoms with Crippen molar-refractivity contribution in [3.05, 3.63) is 34.8 Å². The highest BCUT2D eigenvalue weighted by Gasteiger charge is 2.14. The summed E-state index contributed by atoms with van der Waals surface area (Å²) in [6.45, 7) is 0. The zero-order valence-electron chi connectivity index (χ0n) is 6.08. The second kappa shape index (κ2) is 2.34. The van der Waals surface area contributed by atoms with Crippen LogP contribution in [-0.2, 0) is 6.42 Å². The number of aromatic amines is 1. The van der Waals surface area contributed by atoms with E-state index in [0.717, 1.165) is 28.7 Å². The highest BCUT2D eigenvalue weighted by atomic mass is 16.3. The zero-order valence-corrected chi connectivity index (χ0v) is 6.08. The van der Waals surface area contributed by atoms with Gasteiger partial charge in [-0.1, -0.05) is 6.08 Å². The van der Waals surface area contributed by atoms with Gasteiger partial charge in [-0.15, -0.1) is 0 Å². The Balaban J connectivity index is 2.69. The van der Waals surface area contributed by atoms with E-state index in [1.807, 2.05) is 6.08 Å². The third kappa shape index (κ3) is 0.981. The Morgan fingerprint density at radius 2 is 2.45 bits per heavy atom. The third-order valence-electron chi connectivity index (χ3n) is 1.86. The van der Waals surface area contributed by atoms with E-state index in [-0.39, 0.29) is 0 Å². The van der Waals surface area contributed by atoms with Crippen molar-refractivity contribution < 1.29 is 4.43 Å². The molecule has 0 unspecified atom stereocenters. The lowest BCUT2D eigenvalue weighted by Crippen LogP contribution is -2.23. The molecule has 0 atom stereocenters. The Labute approximate surface area is 64.0 Å². The summed E-state index contributed by atoms with van der Waals surface area (Å²) < 4.78 is 0.926. The van der Waals surface area contributed by atoms with E-state index < -0.39 is 0 Å². The Bertz CT molecular complexity index is 351. The van der Waals surface area contributed by atoms with E-state index in [0.29, 0.717) is 0 Å². The normalized spacial score (nSPS) is 14.5. The Kier molecular flexibility index (Phi) is 1.35. The molecular formula is C8H9N2O+. The largest absolute Gasteiger partial charge is 0.351 e. The van der Waals surface area contributed by atoms with E-state index in [1.54, 1.807) is 6.20 Å². The van der Waals surface area contributed by atoms with Gasteiger partial charge in [0, 0.05) is 11.3 Å². The maximum Gasteiger partial charge on any atom is 0.263 e. The second-order valence-corrected chi connectivity index (χ2v) is 2.59. The Morgan fingerprint density at radius 1 is 1.55 bits per heavy atom. The van der Waals surface area contributed by atoms with Gasteiger partial charge in [0.2, 0.25) is 6.20 Å². The molecule has 1 aliphatic rings. The summed E-state index contributed by atoms with van der Waals surface area (Å²) >= 11 is 0. The van der Waals surface area contributed by atoms with Crippen molar-refractivity contribution in [1.82, 2.24) is 4.98 Å². The van der Waals surface area contributed by atoms with Gasteiger partial charge < -0.3 is 4.98 Å². The summed E-state index contributed by atoms with van der Waals surface area (Å²) in [5.41, 5.74) is 1.78. The van der Waals surface area contributed by atoms with Crippen LogP contribution < -0.4 is 4.43 Å². The lowest BCUT2D eigenvalue weighted by atomic mass is 10.1. The first kappa shape index (κ1) is 6.34. The zero-order chi connectivity index (χ0) is 7.68. The molecule has 56 valence electrons. The first-order valence-corrected chi connectivity index (χ1v) is 3.67. The molecule has 0 fully saturated rings. The van der Waals surface area contributed by atoms with Crippen molar-refractivity contribution in [2.75, 3.05) is 0 Å². The number of rotatable bonds is 0. The van der Waals surface area contributed by atoms with Crippen molar-refractivity contribution in [1.29, 1.82) is 0 Å². The standard InChI is InChI=1S/C8H9N2O/c11-10-6-5-9-7-3-1-2-4-8(7)10/h1,3,5-6H,2,4H2,(H,9,11)/q+1. The third-order valence-corrected chi connectivity index (χ3v) is 1.86. The van der Waals surface area contributed by atoms with Crippen molar-refractivity contribution in [3.63, 3.8) is 0 Å². The summed E-state index contributed by atoms with van der Waals surface area (Å²) in [7, 11) is 0. The van der Waals surface area contributed by atoms with Gasteiger partial charge in [-0.25, -0.2) is 0 Å². The first-order chi connectivity index (χ1) is 5.38. The van der Waals surface area contributed by atoms with Crippen molar-refractivity contribution >= 4 is 6.08 Å². The molecule has 3 heteroatoms. The summed E-state index contributed by atoms with van der Waals surface area (Å²) in [5.74, 6) is 0. The number of nitrogens with zero attached hydrogens (tertiary/aromatic N) is 1.